The van der Waals surface area contributed by atoms with Crippen LogP contribution in [0.1, 0.15) is 62.1 Å². The number of carbonyl (C=O) groups is 1. The topological polar surface area (TPSA) is 35.5 Å². The number of Topliss-reactive ketones (excluding diaryl/α,β-unsaturated/α-hetero) is 1. The Morgan fingerprint density at radius 1 is 0.857 bits per heavy atom. The van der Waals surface area contributed by atoms with Crippen LogP contribution in [-0.2, 0) is 19.9 Å². The molecular formula is C32H34O3. The molecule has 2 bridgehead atoms. The third kappa shape index (κ3) is 3.43. The highest BCUT2D eigenvalue weighted by Crippen LogP contribution is 2.61. The molecule has 3 aromatic rings. The summed E-state index contributed by atoms with van der Waals surface area (Å²) in [7, 11) is 0. The molecule has 2 heterocycles. The van der Waals surface area contributed by atoms with E-state index in [1.54, 1.807) is 0 Å². The molecular weight excluding hydrogens is 432 g/mol. The van der Waals surface area contributed by atoms with Gasteiger partial charge in [-0.1, -0.05) is 104 Å². The molecule has 2 aliphatic heterocycles. The van der Waals surface area contributed by atoms with Gasteiger partial charge in [0.05, 0.1) is 12.7 Å². The molecule has 35 heavy (non-hydrogen) atoms. The van der Waals surface area contributed by atoms with Gasteiger partial charge in [-0.15, -0.1) is 0 Å². The van der Waals surface area contributed by atoms with Gasteiger partial charge in [0.1, 0.15) is 11.2 Å². The fraction of sp³-hybridized carbons (Fsp3) is 0.406. The zero-order chi connectivity index (χ0) is 23.9. The van der Waals surface area contributed by atoms with Crippen LogP contribution in [0.25, 0.3) is 0 Å². The first-order chi connectivity index (χ1) is 17.1. The summed E-state index contributed by atoms with van der Waals surface area (Å²) in [6.07, 6.45) is 5.85. The lowest BCUT2D eigenvalue weighted by atomic mass is 9.58. The summed E-state index contributed by atoms with van der Waals surface area (Å²) >= 11 is 0. The predicted molar refractivity (Wildman–Crippen MR) is 137 cm³/mol. The summed E-state index contributed by atoms with van der Waals surface area (Å²) in [5.74, 6) is 0.348. The van der Waals surface area contributed by atoms with E-state index in [0.717, 1.165) is 48.8 Å². The number of fused-ring (bicyclic) bond motifs is 1. The summed E-state index contributed by atoms with van der Waals surface area (Å²) in [4.78, 5) is 13.6. The van der Waals surface area contributed by atoms with E-state index in [2.05, 4.69) is 79.7 Å². The van der Waals surface area contributed by atoms with Gasteiger partial charge in [0, 0.05) is 17.8 Å². The molecule has 4 atom stereocenters. The molecule has 1 spiro atoms. The van der Waals surface area contributed by atoms with E-state index in [1.807, 2.05) is 18.2 Å². The SMILES string of the molecule is C[C@@]12CCC[C@H](COC(c3ccccc3)(c3ccccc3)c3ccccc3)[C@]13O[C@@H](CCC3=O)C2. The van der Waals surface area contributed by atoms with E-state index in [-0.39, 0.29) is 17.4 Å². The van der Waals surface area contributed by atoms with Crippen LogP contribution in [0.4, 0.5) is 0 Å². The molecule has 0 unspecified atom stereocenters. The fourth-order valence-corrected chi connectivity index (χ4v) is 7.38. The van der Waals surface area contributed by atoms with E-state index in [1.165, 1.54) is 0 Å². The smallest absolute Gasteiger partial charge is 0.165 e. The minimum Gasteiger partial charge on any atom is -0.363 e. The molecule has 3 fully saturated rings. The Morgan fingerprint density at radius 2 is 1.40 bits per heavy atom. The first-order valence-corrected chi connectivity index (χ1v) is 13.1. The number of carbonyl (C=O) groups excluding carboxylic acids is 1. The Bertz CT molecular complexity index is 1080. The molecule has 6 rings (SSSR count). The summed E-state index contributed by atoms with van der Waals surface area (Å²) in [5.41, 5.74) is 1.70. The summed E-state index contributed by atoms with van der Waals surface area (Å²) < 4.78 is 13.9. The maximum absolute atomic E-state index is 13.6. The molecule has 1 aliphatic carbocycles. The normalized spacial score (nSPS) is 30.1. The molecule has 180 valence electrons. The number of hydrogen-bond donors (Lipinski definition) is 0. The van der Waals surface area contributed by atoms with Crippen LogP contribution in [0.3, 0.4) is 0 Å². The third-order valence-corrected chi connectivity index (χ3v) is 8.93. The van der Waals surface area contributed by atoms with E-state index in [0.29, 0.717) is 18.8 Å². The van der Waals surface area contributed by atoms with Crippen molar-refractivity contribution in [2.75, 3.05) is 6.61 Å². The average molecular weight is 467 g/mol. The van der Waals surface area contributed by atoms with Crippen LogP contribution < -0.4 is 0 Å². The number of benzene rings is 3. The van der Waals surface area contributed by atoms with Gasteiger partial charge in [0.2, 0.25) is 0 Å². The van der Waals surface area contributed by atoms with Gasteiger partial charge >= 0.3 is 0 Å². The van der Waals surface area contributed by atoms with E-state index in [9.17, 15) is 4.79 Å². The Balaban J connectivity index is 1.45. The predicted octanol–water partition coefficient (Wildman–Crippen LogP) is 6.69. The monoisotopic (exact) mass is 466 g/mol. The molecule has 0 radical (unpaired) electrons. The first-order valence-electron chi connectivity index (χ1n) is 13.1. The number of rotatable bonds is 6. The second-order valence-electron chi connectivity index (χ2n) is 10.9. The van der Waals surface area contributed by atoms with Crippen molar-refractivity contribution < 1.29 is 14.3 Å². The number of ether oxygens (including phenoxy) is 2. The standard InChI is InChI=1S/C32H34O3/c1-30-21-11-18-27(32(30)29(33)20-19-28(22-30)35-32)23-34-31(24-12-5-2-6-13-24,25-14-7-3-8-15-25)26-16-9-4-10-17-26/h2-10,12-17,27-28H,11,18-23H2,1H3/t27-,28+,30+,32-/m1/s1. The zero-order valence-corrected chi connectivity index (χ0v) is 20.5. The van der Waals surface area contributed by atoms with Crippen LogP contribution >= 0.6 is 0 Å². The maximum atomic E-state index is 13.6. The lowest BCUT2D eigenvalue weighted by molar-refractivity contribution is -0.192. The van der Waals surface area contributed by atoms with E-state index >= 15 is 0 Å². The van der Waals surface area contributed by atoms with Gasteiger partial charge in [-0.25, -0.2) is 0 Å². The minimum atomic E-state index is -0.774. The van der Waals surface area contributed by atoms with Crippen molar-refractivity contribution in [1.29, 1.82) is 0 Å². The highest BCUT2D eigenvalue weighted by Gasteiger charge is 2.67. The van der Waals surface area contributed by atoms with Gasteiger partial charge in [-0.2, -0.15) is 0 Å². The highest BCUT2D eigenvalue weighted by molar-refractivity contribution is 5.90. The van der Waals surface area contributed by atoms with Gasteiger partial charge in [-0.05, 0) is 42.4 Å². The molecule has 3 aromatic carbocycles. The van der Waals surface area contributed by atoms with Crippen molar-refractivity contribution in [2.45, 2.75) is 62.8 Å². The molecule has 3 nitrogen and oxygen atoms in total. The second-order valence-corrected chi connectivity index (χ2v) is 10.9. The van der Waals surface area contributed by atoms with E-state index in [4.69, 9.17) is 9.47 Å². The molecule has 2 saturated heterocycles. The number of ketones is 1. The summed E-state index contributed by atoms with van der Waals surface area (Å²) in [5, 5.41) is 0. The van der Waals surface area contributed by atoms with Gasteiger partial charge < -0.3 is 9.47 Å². The lowest BCUT2D eigenvalue weighted by Gasteiger charge is -2.51. The minimum absolute atomic E-state index is 0.0505. The Hall–Kier alpha value is -2.75. The quantitative estimate of drug-likeness (QED) is 0.380. The molecule has 3 heteroatoms. The zero-order valence-electron chi connectivity index (χ0n) is 20.5. The molecule has 0 aromatic heterocycles. The van der Waals surface area contributed by atoms with Crippen molar-refractivity contribution in [3.63, 3.8) is 0 Å². The van der Waals surface area contributed by atoms with Gasteiger partial charge in [0.25, 0.3) is 0 Å². The second kappa shape index (κ2) is 8.72. The maximum Gasteiger partial charge on any atom is 0.165 e. The Morgan fingerprint density at radius 3 is 1.94 bits per heavy atom. The highest BCUT2D eigenvalue weighted by atomic mass is 16.5. The molecule has 1 saturated carbocycles. The molecule has 0 N–H and O–H groups in total. The average Bonchev–Trinajstić information content (AvgIpc) is 3.17. The van der Waals surface area contributed by atoms with Crippen molar-refractivity contribution in [3.8, 4) is 0 Å². The van der Waals surface area contributed by atoms with Crippen molar-refractivity contribution in [2.24, 2.45) is 11.3 Å². The van der Waals surface area contributed by atoms with Crippen LogP contribution in [-0.4, -0.2) is 24.1 Å². The summed E-state index contributed by atoms with van der Waals surface area (Å²) in [6, 6.07) is 31.5. The van der Waals surface area contributed by atoms with Gasteiger partial charge in [-0.3, -0.25) is 4.79 Å². The first kappa shape index (κ1) is 22.7. The largest absolute Gasteiger partial charge is 0.363 e. The van der Waals surface area contributed by atoms with Crippen LogP contribution in [0.15, 0.2) is 91.0 Å². The van der Waals surface area contributed by atoms with Crippen molar-refractivity contribution >= 4 is 5.78 Å². The Kier molecular flexibility index (Phi) is 5.66. The van der Waals surface area contributed by atoms with Gasteiger partial charge in [0.15, 0.2) is 5.78 Å². The van der Waals surface area contributed by atoms with Crippen molar-refractivity contribution in [3.05, 3.63) is 108 Å². The molecule has 0 amide bonds. The summed E-state index contributed by atoms with van der Waals surface area (Å²) in [6.45, 7) is 2.77. The fourth-order valence-electron chi connectivity index (χ4n) is 7.38. The third-order valence-electron chi connectivity index (χ3n) is 8.93. The van der Waals surface area contributed by atoms with Crippen LogP contribution in [0.5, 0.6) is 0 Å². The van der Waals surface area contributed by atoms with E-state index < -0.39 is 11.2 Å². The van der Waals surface area contributed by atoms with Crippen LogP contribution in [0, 0.1) is 11.3 Å². The Labute approximate surface area is 208 Å². The van der Waals surface area contributed by atoms with Crippen LogP contribution in [0.2, 0.25) is 0 Å². The number of hydrogen-bond acceptors (Lipinski definition) is 3. The van der Waals surface area contributed by atoms with Crippen molar-refractivity contribution in [1.82, 2.24) is 0 Å². The lowest BCUT2D eigenvalue weighted by Crippen LogP contribution is -2.60. The molecule has 3 aliphatic rings.